The molecule has 6 heteroatoms. The van der Waals surface area contributed by atoms with E-state index >= 15 is 0 Å². The molecule has 0 rings (SSSR count). The van der Waals surface area contributed by atoms with Crippen molar-refractivity contribution in [2.45, 2.75) is 45.3 Å². The molecule has 0 saturated heterocycles. The van der Waals surface area contributed by atoms with Crippen LogP contribution in [0.5, 0.6) is 0 Å². The van der Waals surface area contributed by atoms with Gasteiger partial charge in [-0.05, 0) is 24.6 Å². The molecule has 18 heavy (non-hydrogen) atoms. The van der Waals surface area contributed by atoms with Gasteiger partial charge in [-0.3, -0.25) is 0 Å². The second-order valence-electron chi connectivity index (χ2n) is 5.81. The first-order valence-corrected chi connectivity index (χ1v) is 9.36. The van der Waals surface area contributed by atoms with Gasteiger partial charge >= 0.3 is 6.09 Å². The summed E-state index contributed by atoms with van der Waals surface area (Å²) >= 11 is 0. The van der Waals surface area contributed by atoms with Crippen molar-refractivity contribution in [1.82, 2.24) is 5.32 Å². The van der Waals surface area contributed by atoms with Crippen molar-refractivity contribution in [2.24, 2.45) is 5.73 Å². The van der Waals surface area contributed by atoms with Gasteiger partial charge in [-0.25, -0.2) is 4.79 Å². The first-order valence-electron chi connectivity index (χ1n) is 6.45. The smallest absolute Gasteiger partial charge is 0.407 e. The summed E-state index contributed by atoms with van der Waals surface area (Å²) in [6.45, 7) is 12.9. The van der Waals surface area contributed by atoms with Crippen LogP contribution in [0.4, 0.5) is 4.79 Å². The van der Waals surface area contributed by atoms with E-state index in [0.29, 0.717) is 19.7 Å². The summed E-state index contributed by atoms with van der Waals surface area (Å²) in [7, 11) is -1.66. The van der Waals surface area contributed by atoms with Gasteiger partial charge in [0.1, 0.15) is 6.61 Å². The normalized spacial score (nSPS) is 12.3. The number of hydrogen-bond donors (Lipinski definition) is 2. The van der Waals surface area contributed by atoms with E-state index in [1.165, 1.54) is 0 Å². The molecule has 0 spiro atoms. The summed E-state index contributed by atoms with van der Waals surface area (Å²) in [6.07, 6.45) is 0.386. The van der Waals surface area contributed by atoms with Gasteiger partial charge < -0.3 is 20.2 Å². The fraction of sp³-hybridized carbons (Fsp3) is 0.917. The van der Waals surface area contributed by atoms with Crippen LogP contribution in [0, 0.1) is 0 Å². The third kappa shape index (κ3) is 6.98. The highest BCUT2D eigenvalue weighted by molar-refractivity contribution is 6.74. The first kappa shape index (κ1) is 17.4. The number of ether oxygens (including phenoxy) is 1. The summed E-state index contributed by atoms with van der Waals surface area (Å²) in [6, 6.07) is 0. The summed E-state index contributed by atoms with van der Waals surface area (Å²) < 4.78 is 10.8. The summed E-state index contributed by atoms with van der Waals surface area (Å²) in [4.78, 5) is 11.1. The highest BCUT2D eigenvalue weighted by Gasteiger charge is 2.36. The van der Waals surface area contributed by atoms with Crippen LogP contribution in [0.3, 0.4) is 0 Å². The zero-order chi connectivity index (χ0) is 14.2. The molecule has 0 aromatic heterocycles. The van der Waals surface area contributed by atoms with Gasteiger partial charge in [0.2, 0.25) is 0 Å². The second kappa shape index (κ2) is 7.76. The Bertz CT molecular complexity index is 252. The summed E-state index contributed by atoms with van der Waals surface area (Å²) in [5.74, 6) is 0. The Hall–Kier alpha value is -0.593. The van der Waals surface area contributed by atoms with Crippen LogP contribution in [0.2, 0.25) is 18.1 Å². The minimum Gasteiger partial charge on any atom is -0.448 e. The van der Waals surface area contributed by atoms with Crippen LogP contribution in [0.1, 0.15) is 27.2 Å². The van der Waals surface area contributed by atoms with E-state index in [2.05, 4.69) is 39.2 Å². The second-order valence-corrected chi connectivity index (χ2v) is 10.6. The molecule has 0 aliphatic rings. The Morgan fingerprint density at radius 3 is 2.39 bits per heavy atom. The van der Waals surface area contributed by atoms with Gasteiger partial charge in [0.05, 0.1) is 0 Å². The van der Waals surface area contributed by atoms with Crippen molar-refractivity contribution >= 4 is 14.4 Å². The van der Waals surface area contributed by atoms with Crippen LogP contribution < -0.4 is 11.1 Å². The van der Waals surface area contributed by atoms with Crippen molar-refractivity contribution in [2.75, 3.05) is 26.3 Å². The number of amides is 1. The predicted molar refractivity (Wildman–Crippen MR) is 76.2 cm³/mol. The predicted octanol–water partition coefficient (Wildman–Crippen LogP) is 2.08. The minimum absolute atomic E-state index is 0.223. The Labute approximate surface area is 112 Å². The third-order valence-electron chi connectivity index (χ3n) is 3.21. The number of hydrogen-bond acceptors (Lipinski definition) is 4. The molecule has 0 radical (unpaired) electrons. The topological polar surface area (TPSA) is 73.6 Å². The van der Waals surface area contributed by atoms with Crippen LogP contribution in [0.25, 0.3) is 0 Å². The van der Waals surface area contributed by atoms with Crippen LogP contribution in [-0.4, -0.2) is 40.7 Å². The minimum atomic E-state index is -1.66. The lowest BCUT2D eigenvalue weighted by atomic mass is 10.2. The van der Waals surface area contributed by atoms with E-state index in [9.17, 15) is 4.79 Å². The molecule has 0 heterocycles. The maximum atomic E-state index is 11.1. The van der Waals surface area contributed by atoms with Gasteiger partial charge in [0.15, 0.2) is 8.32 Å². The number of alkyl carbamates (subject to hydrolysis) is 1. The van der Waals surface area contributed by atoms with Crippen molar-refractivity contribution in [1.29, 1.82) is 0 Å². The van der Waals surface area contributed by atoms with Crippen molar-refractivity contribution in [3.8, 4) is 0 Å². The Kier molecular flexibility index (Phi) is 7.50. The van der Waals surface area contributed by atoms with E-state index in [0.717, 1.165) is 6.42 Å². The Balaban J connectivity index is 3.66. The maximum absolute atomic E-state index is 11.1. The molecule has 0 saturated carbocycles. The van der Waals surface area contributed by atoms with Crippen LogP contribution >= 0.6 is 0 Å². The molecule has 0 aliphatic heterocycles. The Morgan fingerprint density at radius 1 is 1.28 bits per heavy atom. The third-order valence-corrected chi connectivity index (χ3v) is 7.75. The molecule has 0 aromatic carbocycles. The lowest BCUT2D eigenvalue weighted by molar-refractivity contribution is 0.148. The zero-order valence-electron chi connectivity index (χ0n) is 12.3. The van der Waals surface area contributed by atoms with Crippen LogP contribution in [-0.2, 0) is 9.16 Å². The van der Waals surface area contributed by atoms with E-state index < -0.39 is 14.4 Å². The lowest BCUT2D eigenvalue weighted by Gasteiger charge is -2.36. The van der Waals surface area contributed by atoms with E-state index in [1.807, 2.05) is 0 Å². The van der Waals surface area contributed by atoms with Crippen LogP contribution in [0.15, 0.2) is 0 Å². The van der Waals surface area contributed by atoms with Crippen molar-refractivity contribution in [3.05, 3.63) is 0 Å². The number of nitrogens with two attached hydrogens (primary N) is 1. The number of nitrogens with one attached hydrogen (secondary N) is 1. The van der Waals surface area contributed by atoms with Gasteiger partial charge in [0, 0.05) is 19.7 Å². The molecular weight excluding hydrogens is 248 g/mol. The molecular formula is C12H28N2O3Si. The fourth-order valence-corrected chi connectivity index (χ4v) is 2.10. The van der Waals surface area contributed by atoms with Gasteiger partial charge in [-0.15, -0.1) is 0 Å². The molecule has 0 aliphatic carbocycles. The van der Waals surface area contributed by atoms with Gasteiger partial charge in [0.25, 0.3) is 0 Å². The zero-order valence-corrected chi connectivity index (χ0v) is 13.3. The highest BCUT2D eigenvalue weighted by Crippen LogP contribution is 2.36. The summed E-state index contributed by atoms with van der Waals surface area (Å²) in [5, 5.41) is 2.88. The molecule has 0 atom stereocenters. The molecule has 3 N–H and O–H groups in total. The molecule has 108 valence electrons. The van der Waals surface area contributed by atoms with E-state index in [1.54, 1.807) is 0 Å². The number of carbonyl (C=O) groups is 1. The number of carbonyl (C=O) groups excluding carboxylic acids is 1. The maximum Gasteiger partial charge on any atom is 0.407 e. The SMILES string of the molecule is CC(C)(C)[Si](C)(C)OCCCNC(=O)OCCN. The molecule has 0 aromatic rings. The van der Waals surface area contributed by atoms with Gasteiger partial charge in [-0.1, -0.05) is 20.8 Å². The van der Waals surface area contributed by atoms with Crippen molar-refractivity contribution in [3.63, 3.8) is 0 Å². The molecule has 0 bridgehead atoms. The molecule has 0 fully saturated rings. The largest absolute Gasteiger partial charge is 0.448 e. The quantitative estimate of drug-likeness (QED) is 0.551. The Morgan fingerprint density at radius 2 is 1.89 bits per heavy atom. The fourth-order valence-electron chi connectivity index (χ4n) is 1.01. The van der Waals surface area contributed by atoms with Crippen molar-refractivity contribution < 1.29 is 14.0 Å². The lowest BCUT2D eigenvalue weighted by Crippen LogP contribution is -2.41. The summed E-state index contributed by atoms with van der Waals surface area (Å²) in [5.41, 5.74) is 5.22. The van der Waals surface area contributed by atoms with E-state index in [-0.39, 0.29) is 11.6 Å². The molecule has 5 nitrogen and oxygen atoms in total. The highest BCUT2D eigenvalue weighted by atomic mass is 28.4. The average Bonchev–Trinajstić information content (AvgIpc) is 2.24. The molecule has 0 unspecified atom stereocenters. The van der Waals surface area contributed by atoms with Gasteiger partial charge in [-0.2, -0.15) is 0 Å². The first-order chi connectivity index (χ1) is 8.20. The monoisotopic (exact) mass is 276 g/mol. The molecule has 1 amide bonds. The average molecular weight is 276 g/mol. The number of rotatable bonds is 7. The van der Waals surface area contributed by atoms with E-state index in [4.69, 9.17) is 14.9 Å². The standard InChI is InChI=1S/C12H28N2O3Si/c1-12(2,3)18(4,5)17-9-6-8-14-11(15)16-10-7-13/h6-10,13H2,1-5H3,(H,14,15).